The van der Waals surface area contributed by atoms with Crippen LogP contribution in [0.4, 0.5) is 11.6 Å². The first-order valence-electron chi connectivity index (χ1n) is 5.42. The van der Waals surface area contributed by atoms with Crippen LogP contribution in [0.15, 0.2) is 12.4 Å². The van der Waals surface area contributed by atoms with Crippen molar-refractivity contribution in [2.24, 2.45) is 0 Å². The molecule has 5 nitrogen and oxygen atoms in total. The standard InChI is InChI=1S/C11H20N4O/c1-5-13-9-6-12-7-10(15-9)14-8-11(2,3)16-4/h6-7H,5,8H2,1-4H3,(H2,13,14,15). The molecule has 0 aliphatic rings. The molecule has 1 aromatic heterocycles. The first-order valence-corrected chi connectivity index (χ1v) is 5.42. The van der Waals surface area contributed by atoms with Gasteiger partial charge in [0.25, 0.3) is 0 Å². The maximum Gasteiger partial charge on any atom is 0.147 e. The van der Waals surface area contributed by atoms with Crippen molar-refractivity contribution in [2.45, 2.75) is 26.4 Å². The molecule has 0 fully saturated rings. The Morgan fingerprint density at radius 3 is 2.44 bits per heavy atom. The lowest BCUT2D eigenvalue weighted by Crippen LogP contribution is -2.32. The van der Waals surface area contributed by atoms with Crippen molar-refractivity contribution in [1.82, 2.24) is 9.97 Å². The summed E-state index contributed by atoms with van der Waals surface area (Å²) in [4.78, 5) is 8.46. The Hall–Kier alpha value is -1.36. The quantitative estimate of drug-likeness (QED) is 0.771. The highest BCUT2D eigenvalue weighted by Gasteiger charge is 2.15. The van der Waals surface area contributed by atoms with Crippen molar-refractivity contribution in [3.63, 3.8) is 0 Å². The highest BCUT2D eigenvalue weighted by molar-refractivity contribution is 5.41. The first kappa shape index (κ1) is 12.7. The van der Waals surface area contributed by atoms with Crippen LogP contribution in [0.3, 0.4) is 0 Å². The molecule has 0 unspecified atom stereocenters. The van der Waals surface area contributed by atoms with Crippen LogP contribution in [0.5, 0.6) is 0 Å². The summed E-state index contributed by atoms with van der Waals surface area (Å²) < 4.78 is 5.31. The molecule has 0 saturated heterocycles. The van der Waals surface area contributed by atoms with Crippen LogP contribution in [-0.4, -0.2) is 35.8 Å². The van der Waals surface area contributed by atoms with Gasteiger partial charge in [0.05, 0.1) is 18.0 Å². The second-order valence-corrected chi connectivity index (χ2v) is 4.14. The molecule has 0 aliphatic heterocycles. The van der Waals surface area contributed by atoms with Crippen LogP contribution < -0.4 is 10.6 Å². The van der Waals surface area contributed by atoms with Gasteiger partial charge in [0.15, 0.2) is 0 Å². The fourth-order valence-electron chi connectivity index (χ4n) is 1.09. The smallest absolute Gasteiger partial charge is 0.147 e. The second kappa shape index (κ2) is 5.65. The highest BCUT2D eigenvalue weighted by Crippen LogP contribution is 2.11. The molecule has 1 aromatic rings. The molecule has 0 radical (unpaired) electrons. The molecule has 0 saturated carbocycles. The molecule has 0 bridgehead atoms. The summed E-state index contributed by atoms with van der Waals surface area (Å²) in [5.74, 6) is 1.53. The van der Waals surface area contributed by atoms with Gasteiger partial charge in [-0.15, -0.1) is 0 Å². The molecule has 0 aliphatic carbocycles. The Morgan fingerprint density at radius 1 is 1.25 bits per heavy atom. The number of anilines is 2. The monoisotopic (exact) mass is 224 g/mol. The molecule has 0 aromatic carbocycles. The van der Waals surface area contributed by atoms with Crippen LogP contribution >= 0.6 is 0 Å². The van der Waals surface area contributed by atoms with Crippen LogP contribution in [0, 0.1) is 0 Å². The number of ether oxygens (including phenoxy) is 1. The fraction of sp³-hybridized carbons (Fsp3) is 0.636. The molecule has 90 valence electrons. The molecule has 16 heavy (non-hydrogen) atoms. The van der Waals surface area contributed by atoms with Gasteiger partial charge in [-0.2, -0.15) is 0 Å². The molecule has 0 amide bonds. The van der Waals surface area contributed by atoms with Gasteiger partial charge >= 0.3 is 0 Å². The van der Waals surface area contributed by atoms with Gasteiger partial charge in [0, 0.05) is 20.2 Å². The van der Waals surface area contributed by atoms with E-state index in [0.29, 0.717) is 6.54 Å². The maximum atomic E-state index is 5.31. The van der Waals surface area contributed by atoms with E-state index in [2.05, 4.69) is 20.6 Å². The largest absolute Gasteiger partial charge is 0.377 e. The molecule has 0 atom stereocenters. The van der Waals surface area contributed by atoms with Crippen LogP contribution in [0.2, 0.25) is 0 Å². The van der Waals surface area contributed by atoms with Gasteiger partial charge in [-0.25, -0.2) is 4.98 Å². The van der Waals surface area contributed by atoms with Crippen LogP contribution in [0.25, 0.3) is 0 Å². The minimum Gasteiger partial charge on any atom is -0.377 e. The summed E-state index contributed by atoms with van der Waals surface area (Å²) in [6.45, 7) is 7.58. The average Bonchev–Trinajstić information content (AvgIpc) is 2.28. The third kappa shape index (κ3) is 4.02. The van der Waals surface area contributed by atoms with Crippen molar-refractivity contribution in [2.75, 3.05) is 30.8 Å². The van der Waals surface area contributed by atoms with E-state index in [-0.39, 0.29) is 5.60 Å². The zero-order valence-electron chi connectivity index (χ0n) is 10.4. The van der Waals surface area contributed by atoms with Crippen molar-refractivity contribution >= 4 is 11.6 Å². The third-order valence-electron chi connectivity index (χ3n) is 2.24. The lowest BCUT2D eigenvalue weighted by molar-refractivity contribution is 0.0343. The lowest BCUT2D eigenvalue weighted by Gasteiger charge is -2.23. The van der Waals surface area contributed by atoms with Gasteiger partial charge < -0.3 is 15.4 Å². The average molecular weight is 224 g/mol. The minimum absolute atomic E-state index is 0.212. The zero-order valence-corrected chi connectivity index (χ0v) is 10.4. The molecule has 1 rings (SSSR count). The molecular formula is C11H20N4O. The molecule has 1 heterocycles. The third-order valence-corrected chi connectivity index (χ3v) is 2.24. The zero-order chi connectivity index (χ0) is 12.0. The summed E-state index contributed by atoms with van der Waals surface area (Å²) in [6.07, 6.45) is 3.41. The van der Waals surface area contributed by atoms with Crippen molar-refractivity contribution in [1.29, 1.82) is 0 Å². The molecule has 5 heteroatoms. The number of hydrogen-bond acceptors (Lipinski definition) is 5. The Kier molecular flexibility index (Phi) is 4.49. The van der Waals surface area contributed by atoms with E-state index in [1.807, 2.05) is 20.8 Å². The normalized spacial score (nSPS) is 11.2. The van der Waals surface area contributed by atoms with E-state index in [1.54, 1.807) is 19.5 Å². The summed E-state index contributed by atoms with van der Waals surface area (Å²) in [5, 5.41) is 6.31. The molecule has 0 spiro atoms. The topological polar surface area (TPSA) is 59.1 Å². The summed E-state index contributed by atoms with van der Waals surface area (Å²) in [5.41, 5.74) is -0.212. The highest BCUT2D eigenvalue weighted by atomic mass is 16.5. The second-order valence-electron chi connectivity index (χ2n) is 4.14. The maximum absolute atomic E-state index is 5.31. The molecular weight excluding hydrogens is 204 g/mol. The fourth-order valence-corrected chi connectivity index (χ4v) is 1.09. The number of nitrogens with one attached hydrogen (secondary N) is 2. The minimum atomic E-state index is -0.212. The molecule has 2 N–H and O–H groups in total. The SMILES string of the molecule is CCNc1cncc(NCC(C)(C)OC)n1. The van der Waals surface area contributed by atoms with E-state index in [1.165, 1.54) is 0 Å². The van der Waals surface area contributed by atoms with Crippen molar-refractivity contribution in [3.8, 4) is 0 Å². The number of rotatable bonds is 6. The van der Waals surface area contributed by atoms with E-state index in [4.69, 9.17) is 4.74 Å². The van der Waals surface area contributed by atoms with Gasteiger partial charge in [-0.1, -0.05) is 0 Å². The van der Waals surface area contributed by atoms with E-state index in [9.17, 15) is 0 Å². The summed E-state index contributed by atoms with van der Waals surface area (Å²) in [6, 6.07) is 0. The predicted octanol–water partition coefficient (Wildman–Crippen LogP) is 1.75. The van der Waals surface area contributed by atoms with E-state index in [0.717, 1.165) is 18.2 Å². The van der Waals surface area contributed by atoms with Gasteiger partial charge in [-0.05, 0) is 20.8 Å². The van der Waals surface area contributed by atoms with Crippen LogP contribution in [0.1, 0.15) is 20.8 Å². The number of nitrogens with zero attached hydrogens (tertiary/aromatic N) is 2. The van der Waals surface area contributed by atoms with Gasteiger partial charge in [-0.3, -0.25) is 4.98 Å². The predicted molar refractivity (Wildman–Crippen MR) is 65.8 cm³/mol. The van der Waals surface area contributed by atoms with Crippen molar-refractivity contribution < 1.29 is 4.74 Å². The first-order chi connectivity index (χ1) is 7.57. The van der Waals surface area contributed by atoms with Crippen molar-refractivity contribution in [3.05, 3.63) is 12.4 Å². The number of methoxy groups -OCH3 is 1. The number of hydrogen-bond donors (Lipinski definition) is 2. The Morgan fingerprint density at radius 2 is 1.88 bits per heavy atom. The lowest BCUT2D eigenvalue weighted by atomic mass is 10.1. The van der Waals surface area contributed by atoms with E-state index < -0.39 is 0 Å². The van der Waals surface area contributed by atoms with Gasteiger partial charge in [0.1, 0.15) is 11.6 Å². The Bertz CT molecular complexity index is 328. The Labute approximate surface area is 96.6 Å². The summed E-state index contributed by atoms with van der Waals surface area (Å²) >= 11 is 0. The van der Waals surface area contributed by atoms with Crippen LogP contribution in [-0.2, 0) is 4.74 Å². The van der Waals surface area contributed by atoms with Gasteiger partial charge in [0.2, 0.25) is 0 Å². The van der Waals surface area contributed by atoms with E-state index >= 15 is 0 Å². The number of aromatic nitrogens is 2. The Balaban J connectivity index is 2.57. The summed E-state index contributed by atoms with van der Waals surface area (Å²) in [7, 11) is 1.70.